The van der Waals surface area contributed by atoms with E-state index in [1.165, 1.54) is 110 Å². The average Bonchev–Trinajstić information content (AvgIpc) is 3.39. The zero-order valence-electron chi connectivity index (χ0n) is 36.1. The summed E-state index contributed by atoms with van der Waals surface area (Å²) in [6.07, 6.45) is 0. The fourth-order valence-corrected chi connectivity index (χ4v) is 11.8. The van der Waals surface area contributed by atoms with Crippen molar-refractivity contribution in [3.63, 3.8) is 0 Å². The predicted octanol–water partition coefficient (Wildman–Crippen LogP) is 17.4. The van der Waals surface area contributed by atoms with Gasteiger partial charge >= 0.3 is 0 Å². The summed E-state index contributed by atoms with van der Waals surface area (Å²) in [6, 6.07) is 93.3. The Balaban J connectivity index is 1.15. The minimum atomic E-state index is -0.677. The molecule has 0 bridgehead atoms. The monoisotopic (exact) mass is 835 g/mol. The zero-order valence-corrected chi connectivity index (χ0v) is 36.1. The van der Waals surface area contributed by atoms with Crippen molar-refractivity contribution in [2.75, 3.05) is 4.90 Å². The number of benzene rings is 12. The lowest BCUT2D eigenvalue weighted by Gasteiger charge is -2.46. The van der Waals surface area contributed by atoms with Crippen molar-refractivity contribution >= 4 is 60.2 Å². The molecule has 0 saturated heterocycles. The molecule has 1 unspecified atom stereocenters. The molecule has 0 radical (unpaired) electrons. The zero-order chi connectivity index (χ0) is 43.3. The van der Waals surface area contributed by atoms with Gasteiger partial charge in [0.15, 0.2) is 0 Å². The quantitative estimate of drug-likeness (QED) is 0.167. The topological polar surface area (TPSA) is 3.24 Å². The van der Waals surface area contributed by atoms with Gasteiger partial charge < -0.3 is 4.90 Å². The van der Waals surface area contributed by atoms with Gasteiger partial charge in [0, 0.05) is 22.3 Å². The first kappa shape index (κ1) is 36.9. The molecule has 2 aliphatic carbocycles. The van der Waals surface area contributed by atoms with E-state index < -0.39 is 5.41 Å². The van der Waals surface area contributed by atoms with Crippen LogP contribution in [-0.2, 0) is 5.41 Å². The number of hydrogen-bond acceptors (Lipinski definition) is 1. The Hall–Kier alpha value is -8.52. The van der Waals surface area contributed by atoms with Gasteiger partial charge in [-0.2, -0.15) is 0 Å². The highest BCUT2D eigenvalue weighted by Gasteiger charge is 2.49. The van der Waals surface area contributed by atoms with Crippen molar-refractivity contribution in [1.82, 2.24) is 0 Å². The lowest BCUT2D eigenvalue weighted by atomic mass is 9.55. The second-order valence-corrected chi connectivity index (χ2v) is 17.9. The molecule has 0 saturated carbocycles. The molecule has 1 heteroatoms. The van der Waals surface area contributed by atoms with Gasteiger partial charge in [0.05, 0.1) is 11.1 Å². The van der Waals surface area contributed by atoms with Crippen LogP contribution < -0.4 is 4.90 Å². The molecule has 0 aromatic heterocycles. The fourth-order valence-electron chi connectivity index (χ4n) is 11.8. The normalized spacial score (nSPS) is 14.4. The van der Waals surface area contributed by atoms with Crippen LogP contribution in [0.3, 0.4) is 0 Å². The highest BCUT2D eigenvalue weighted by Crippen LogP contribution is 2.62. The Morgan fingerprint density at radius 3 is 1.45 bits per heavy atom. The third kappa shape index (κ3) is 5.23. The van der Waals surface area contributed by atoms with Crippen LogP contribution in [0.15, 0.2) is 249 Å². The van der Waals surface area contributed by atoms with Crippen molar-refractivity contribution in [2.45, 2.75) is 5.41 Å². The molecule has 12 aromatic rings. The number of anilines is 3. The molecule has 1 spiro atoms. The number of hydrogen-bond donors (Lipinski definition) is 0. The van der Waals surface area contributed by atoms with E-state index in [1.54, 1.807) is 0 Å². The summed E-state index contributed by atoms with van der Waals surface area (Å²) in [7, 11) is 0. The van der Waals surface area contributed by atoms with Crippen molar-refractivity contribution in [3.8, 4) is 44.5 Å². The van der Waals surface area contributed by atoms with Crippen LogP contribution in [0.4, 0.5) is 17.1 Å². The minimum absolute atomic E-state index is 0.677. The summed E-state index contributed by atoms with van der Waals surface area (Å²) >= 11 is 0. The molecule has 12 aromatic carbocycles. The molecule has 2 aliphatic rings. The Morgan fingerprint density at radius 1 is 0.258 bits per heavy atom. The third-order valence-corrected chi connectivity index (χ3v) is 14.6. The van der Waals surface area contributed by atoms with E-state index in [9.17, 15) is 0 Å². The molecule has 14 rings (SSSR count). The molecule has 306 valence electrons. The van der Waals surface area contributed by atoms with E-state index in [0.29, 0.717) is 0 Å². The van der Waals surface area contributed by atoms with Crippen LogP contribution in [0.1, 0.15) is 22.3 Å². The van der Waals surface area contributed by atoms with E-state index in [-0.39, 0.29) is 0 Å². The van der Waals surface area contributed by atoms with E-state index in [0.717, 1.165) is 17.1 Å². The van der Waals surface area contributed by atoms with E-state index in [1.807, 2.05) is 0 Å². The maximum absolute atomic E-state index is 2.56. The van der Waals surface area contributed by atoms with Crippen LogP contribution in [0.2, 0.25) is 0 Å². The molecule has 0 N–H and O–H groups in total. The van der Waals surface area contributed by atoms with Gasteiger partial charge in [-0.1, -0.05) is 218 Å². The maximum Gasteiger partial charge on any atom is 0.0726 e. The SMILES string of the molecule is c1ccc(-c2ccc3c(c2)C2(c4cc(N(c5ccc6ccccc6c5)c5c(-c6ccccc6)ccc6ccccc56)ccc4-c4cccc5cccc2c45)c2cccc4cccc-3c24)cc1. The van der Waals surface area contributed by atoms with Crippen LogP contribution in [0.25, 0.3) is 87.6 Å². The third-order valence-electron chi connectivity index (χ3n) is 14.6. The van der Waals surface area contributed by atoms with E-state index in [4.69, 9.17) is 0 Å². The van der Waals surface area contributed by atoms with Gasteiger partial charge in [-0.3, -0.25) is 0 Å². The lowest BCUT2D eigenvalue weighted by molar-refractivity contribution is 0.755. The molecule has 66 heavy (non-hydrogen) atoms. The molecule has 0 fully saturated rings. The second-order valence-electron chi connectivity index (χ2n) is 17.9. The molecule has 1 nitrogen and oxygen atoms in total. The maximum atomic E-state index is 2.56. The van der Waals surface area contributed by atoms with E-state index >= 15 is 0 Å². The van der Waals surface area contributed by atoms with E-state index in [2.05, 4.69) is 254 Å². The standard InChI is InChI=1S/C65H41N/c1-3-15-42(16-4-1)49-33-37-54-56-27-11-22-46-24-13-29-58(62(46)56)65(60(54)40-49)59-30-14-25-47-23-12-28-57(63(47)59)55-38-35-51(41-61(55)65)66(50-34-31-43-17-7-8-21-48(43)39-50)64-52-26-10-9-20-45(52)32-36-53(64)44-18-5-2-6-19-44/h1-41H. The van der Waals surface area contributed by atoms with Crippen LogP contribution in [0.5, 0.6) is 0 Å². The number of rotatable bonds is 5. The van der Waals surface area contributed by atoms with Crippen molar-refractivity contribution in [1.29, 1.82) is 0 Å². The minimum Gasteiger partial charge on any atom is -0.309 e. The van der Waals surface area contributed by atoms with Crippen LogP contribution >= 0.6 is 0 Å². The first-order valence-electron chi connectivity index (χ1n) is 23.0. The summed E-state index contributed by atoms with van der Waals surface area (Å²) in [4.78, 5) is 2.55. The van der Waals surface area contributed by atoms with Gasteiger partial charge in [0.2, 0.25) is 0 Å². The van der Waals surface area contributed by atoms with Gasteiger partial charge in [0.1, 0.15) is 0 Å². The Kier molecular flexibility index (Phi) is 7.97. The Labute approximate surface area is 384 Å². The van der Waals surface area contributed by atoms with Crippen molar-refractivity contribution in [2.24, 2.45) is 0 Å². The lowest BCUT2D eigenvalue weighted by Crippen LogP contribution is -2.36. The van der Waals surface area contributed by atoms with Gasteiger partial charge in [-0.05, 0) is 129 Å². The first-order valence-corrected chi connectivity index (χ1v) is 23.0. The van der Waals surface area contributed by atoms with Gasteiger partial charge in [-0.15, -0.1) is 0 Å². The first-order chi connectivity index (χ1) is 32.7. The summed E-state index contributed by atoms with van der Waals surface area (Å²) in [5.41, 5.74) is 17.8. The van der Waals surface area contributed by atoms with Crippen molar-refractivity contribution in [3.05, 3.63) is 271 Å². The highest BCUT2D eigenvalue weighted by atomic mass is 15.1. The van der Waals surface area contributed by atoms with Crippen LogP contribution in [0, 0.1) is 0 Å². The van der Waals surface area contributed by atoms with Gasteiger partial charge in [-0.25, -0.2) is 0 Å². The summed E-state index contributed by atoms with van der Waals surface area (Å²) in [5, 5.41) is 9.97. The predicted molar refractivity (Wildman–Crippen MR) is 278 cm³/mol. The van der Waals surface area contributed by atoms with Gasteiger partial charge in [0.25, 0.3) is 0 Å². The molecule has 0 amide bonds. The molecular weight excluding hydrogens is 795 g/mol. The van der Waals surface area contributed by atoms with Crippen molar-refractivity contribution < 1.29 is 0 Å². The Bertz CT molecular complexity index is 3920. The Morgan fingerprint density at radius 2 is 0.758 bits per heavy atom. The summed E-state index contributed by atoms with van der Waals surface area (Å²) in [6.45, 7) is 0. The highest BCUT2D eigenvalue weighted by molar-refractivity contribution is 6.12. The van der Waals surface area contributed by atoms with Crippen LogP contribution in [-0.4, -0.2) is 0 Å². The molecule has 0 aliphatic heterocycles. The largest absolute Gasteiger partial charge is 0.309 e. The average molecular weight is 836 g/mol. The summed E-state index contributed by atoms with van der Waals surface area (Å²) < 4.78 is 0. The number of fused-ring (bicyclic) bond motifs is 10. The fraction of sp³-hybridized carbons (Fsp3) is 0.0154. The molecular formula is C65H41N. The molecule has 1 atom stereocenters. The smallest absolute Gasteiger partial charge is 0.0726 e. The number of nitrogens with zero attached hydrogens (tertiary/aromatic N) is 1. The molecule has 0 heterocycles. The summed E-state index contributed by atoms with van der Waals surface area (Å²) in [5.74, 6) is 0. The second kappa shape index (κ2) is 14.2.